The molecule has 2 unspecified atom stereocenters. The van der Waals surface area contributed by atoms with Crippen molar-refractivity contribution in [2.24, 2.45) is 17.3 Å². The summed E-state index contributed by atoms with van der Waals surface area (Å²) in [5.41, 5.74) is 10.1. The van der Waals surface area contributed by atoms with Crippen LogP contribution in [-0.4, -0.2) is 119 Å². The van der Waals surface area contributed by atoms with Gasteiger partial charge >= 0.3 is 5.97 Å². The number of nitrogens with one attached hydrogen (secondary N) is 2. The van der Waals surface area contributed by atoms with Gasteiger partial charge in [-0.15, -0.1) is 0 Å². The summed E-state index contributed by atoms with van der Waals surface area (Å²) in [6.07, 6.45) is 6.10. The maximum atomic E-state index is 14.3. The third-order valence-electron chi connectivity index (χ3n) is 12.1. The van der Waals surface area contributed by atoms with E-state index in [4.69, 9.17) is 9.47 Å². The van der Waals surface area contributed by atoms with E-state index in [1.807, 2.05) is 45.3 Å². The first kappa shape index (κ1) is 46.2. The number of hydrazine groups is 1. The number of hydrogen-bond donors (Lipinski definition) is 3. The van der Waals surface area contributed by atoms with Gasteiger partial charge < -0.3 is 34.3 Å². The van der Waals surface area contributed by atoms with Gasteiger partial charge in [0.25, 0.3) is 5.91 Å². The van der Waals surface area contributed by atoms with Gasteiger partial charge in [-0.3, -0.25) is 29.2 Å². The lowest BCUT2D eigenvalue weighted by molar-refractivity contribution is -0.148. The van der Waals surface area contributed by atoms with E-state index in [-0.39, 0.29) is 48.4 Å². The number of aromatic nitrogens is 2. The molecule has 3 N–H and O–H groups in total. The number of rotatable bonds is 17. The van der Waals surface area contributed by atoms with Crippen LogP contribution in [0, 0.1) is 17.3 Å². The number of aryl methyl sites for hydroxylation is 1. The molecule has 2 saturated heterocycles. The molecule has 2 aliphatic heterocycles. The van der Waals surface area contributed by atoms with Crippen molar-refractivity contribution in [2.45, 2.75) is 92.5 Å². The van der Waals surface area contributed by atoms with Gasteiger partial charge in [-0.1, -0.05) is 39.8 Å². The molecule has 0 spiro atoms. The number of carbonyl (C=O) groups excluding carboxylic acids is 4. The molecule has 4 aromatic rings. The highest BCUT2D eigenvalue weighted by atomic mass is 16.5. The van der Waals surface area contributed by atoms with Crippen LogP contribution in [0.1, 0.15) is 71.1 Å². The topological polar surface area (TPSA) is 159 Å². The van der Waals surface area contributed by atoms with Gasteiger partial charge in [0.2, 0.25) is 11.8 Å². The monoisotopic (exact) mass is 851 g/mol. The molecule has 2 aromatic carbocycles. The van der Waals surface area contributed by atoms with Crippen molar-refractivity contribution in [3.8, 4) is 28.1 Å². The van der Waals surface area contributed by atoms with Gasteiger partial charge in [0.15, 0.2) is 0 Å². The molecule has 0 saturated carbocycles. The lowest BCUT2D eigenvalue weighted by atomic mass is 9.84. The number of hydrogen-bond acceptors (Lipinski definition) is 10. The fraction of sp³-hybridized carbons (Fsp3) is 0.521. The summed E-state index contributed by atoms with van der Waals surface area (Å²) in [6, 6.07) is 11.8. The summed E-state index contributed by atoms with van der Waals surface area (Å²) >= 11 is 0. The zero-order valence-electron chi connectivity index (χ0n) is 37.9. The van der Waals surface area contributed by atoms with E-state index in [2.05, 4.69) is 58.1 Å². The average molecular weight is 852 g/mol. The first-order chi connectivity index (χ1) is 29.5. The van der Waals surface area contributed by atoms with Crippen molar-refractivity contribution in [1.29, 1.82) is 0 Å². The van der Waals surface area contributed by atoms with Crippen LogP contribution >= 0.6 is 0 Å². The lowest BCUT2D eigenvalue weighted by Crippen LogP contribution is -2.61. The zero-order valence-corrected chi connectivity index (χ0v) is 37.9. The van der Waals surface area contributed by atoms with Gasteiger partial charge in [-0.25, -0.2) is 5.43 Å². The molecule has 6 rings (SSSR count). The summed E-state index contributed by atoms with van der Waals surface area (Å²) in [5, 5.41) is 16.9. The number of carbonyl (C=O) groups is 4. The van der Waals surface area contributed by atoms with Crippen LogP contribution in [0.5, 0.6) is 5.75 Å². The van der Waals surface area contributed by atoms with E-state index in [1.54, 1.807) is 37.5 Å². The van der Waals surface area contributed by atoms with Crippen LogP contribution in [0.15, 0.2) is 54.9 Å². The first-order valence-electron chi connectivity index (χ1n) is 21.9. The molecule has 0 radical (unpaired) electrons. The number of esters is 1. The summed E-state index contributed by atoms with van der Waals surface area (Å²) in [4.78, 5) is 62.0. The second kappa shape index (κ2) is 19.8. The van der Waals surface area contributed by atoms with Crippen molar-refractivity contribution in [3.05, 3.63) is 71.5 Å². The van der Waals surface area contributed by atoms with Crippen LogP contribution in [-0.2, 0) is 54.6 Å². The number of methoxy groups -OCH3 is 1. The average Bonchev–Trinajstić information content (AvgIpc) is 3.52. The number of phenolic OH excluding ortho intramolecular Hbond substituents is 1. The van der Waals surface area contributed by atoms with Crippen molar-refractivity contribution >= 4 is 34.6 Å². The Morgan fingerprint density at radius 2 is 1.82 bits per heavy atom. The van der Waals surface area contributed by atoms with Crippen molar-refractivity contribution in [3.63, 3.8) is 0 Å². The van der Waals surface area contributed by atoms with E-state index in [9.17, 15) is 24.3 Å². The number of pyridine rings is 1. The molecule has 2 atom stereocenters. The quantitative estimate of drug-likeness (QED) is 0.115. The molecule has 3 amide bonds. The third-order valence-corrected chi connectivity index (χ3v) is 12.1. The Morgan fingerprint density at radius 3 is 2.47 bits per heavy atom. The Kier molecular flexibility index (Phi) is 14.8. The van der Waals surface area contributed by atoms with Gasteiger partial charge in [-0.05, 0) is 97.3 Å². The van der Waals surface area contributed by atoms with Crippen molar-refractivity contribution in [1.82, 2.24) is 35.1 Å². The van der Waals surface area contributed by atoms with E-state index in [0.29, 0.717) is 51.3 Å². The molecule has 14 nitrogen and oxygen atoms in total. The molecule has 0 bridgehead atoms. The molecular formula is C48H65N7O7. The van der Waals surface area contributed by atoms with Gasteiger partial charge in [0, 0.05) is 94.5 Å². The number of nitrogens with zero attached hydrogens (tertiary/aromatic N) is 5. The molecule has 62 heavy (non-hydrogen) atoms. The minimum Gasteiger partial charge on any atom is -0.508 e. The molecule has 334 valence electrons. The maximum Gasteiger partial charge on any atom is 0.302 e. The number of fused-ring (bicyclic) bond motifs is 1. The second-order valence-corrected chi connectivity index (χ2v) is 18.2. The number of aromatic hydroxyl groups is 1. The van der Waals surface area contributed by atoms with E-state index < -0.39 is 23.4 Å². The predicted octanol–water partition coefficient (Wildman–Crippen LogP) is 5.57. The number of likely N-dealkylation sites (tertiary alicyclic amines) is 1. The largest absolute Gasteiger partial charge is 0.508 e. The smallest absolute Gasteiger partial charge is 0.302 e. The van der Waals surface area contributed by atoms with Crippen LogP contribution in [0.3, 0.4) is 0 Å². The normalized spacial score (nSPS) is 15.9. The van der Waals surface area contributed by atoms with E-state index in [1.165, 1.54) is 11.8 Å². The van der Waals surface area contributed by atoms with Gasteiger partial charge in [-0.2, -0.15) is 0 Å². The van der Waals surface area contributed by atoms with Gasteiger partial charge in [0.05, 0.1) is 24.8 Å². The highest BCUT2D eigenvalue weighted by molar-refractivity contribution is 5.96. The van der Waals surface area contributed by atoms with Gasteiger partial charge in [0.1, 0.15) is 17.8 Å². The highest BCUT2D eigenvalue weighted by Gasteiger charge is 2.39. The molecule has 2 aliphatic rings. The third kappa shape index (κ3) is 10.5. The standard InChI is InChI=1S/C48H65N7O7/c1-10-54-42-14-13-33(23-38(42)39(24-48(5,6)29-62-31(4)56)44(54)40-25-49-17-15-34(40)28-61-9)35-19-32(20-37(57)22-35)21-41(47(60)55-18-12-11-16-50-55)51-45(58)43(30(2)3)53(8)46(59)36-26-52(7)27-36/h13-15,17,19-20,22-23,25,30,36,41,43,50,57H,10-12,16,18,21,24,26-29H2,1-9H3,(H,51,58). The maximum absolute atomic E-state index is 14.3. The molecular weight excluding hydrogens is 787 g/mol. The Balaban J connectivity index is 1.39. The number of ether oxygens (including phenoxy) is 2. The Bertz CT molecular complexity index is 2260. The van der Waals surface area contributed by atoms with Crippen LogP contribution < -0.4 is 10.7 Å². The Labute approximate surface area is 365 Å². The van der Waals surface area contributed by atoms with E-state index in [0.717, 1.165) is 57.3 Å². The molecule has 4 heterocycles. The fourth-order valence-corrected chi connectivity index (χ4v) is 9.09. The summed E-state index contributed by atoms with van der Waals surface area (Å²) < 4.78 is 13.4. The van der Waals surface area contributed by atoms with Crippen molar-refractivity contribution < 1.29 is 33.8 Å². The minimum atomic E-state index is -0.974. The molecule has 14 heteroatoms. The summed E-state index contributed by atoms with van der Waals surface area (Å²) in [5.74, 6) is -1.44. The van der Waals surface area contributed by atoms with E-state index >= 15 is 0 Å². The first-order valence-corrected chi connectivity index (χ1v) is 21.9. The fourth-order valence-electron chi connectivity index (χ4n) is 9.09. The zero-order chi connectivity index (χ0) is 44.9. The molecule has 2 aromatic heterocycles. The summed E-state index contributed by atoms with van der Waals surface area (Å²) in [6.45, 7) is 15.3. The van der Waals surface area contributed by atoms with Crippen molar-refractivity contribution in [2.75, 3.05) is 54.0 Å². The minimum absolute atomic E-state index is 0.0243. The second-order valence-electron chi connectivity index (χ2n) is 18.2. The lowest BCUT2D eigenvalue weighted by Gasteiger charge is -2.40. The number of likely N-dealkylation sites (N-methyl/N-ethyl adjacent to an activating group) is 1. The SMILES string of the molecule is CCn1c(-c2cnccc2COC)c(CC(C)(C)COC(C)=O)c2cc(-c3cc(O)cc(CC(NC(=O)C(C(C)C)N(C)C(=O)C4CN(C)C4)C(=O)N4CCCCN4)c3)ccc21. The Morgan fingerprint density at radius 1 is 1.06 bits per heavy atom. The molecule has 2 fully saturated rings. The Hall–Kier alpha value is -5.31. The molecule has 0 aliphatic carbocycles. The van der Waals surface area contributed by atoms with Crippen LogP contribution in [0.25, 0.3) is 33.3 Å². The number of benzene rings is 2. The number of amides is 3. The van der Waals surface area contributed by atoms with Crippen LogP contribution in [0.2, 0.25) is 0 Å². The predicted molar refractivity (Wildman–Crippen MR) is 240 cm³/mol. The summed E-state index contributed by atoms with van der Waals surface area (Å²) in [7, 11) is 5.31. The van der Waals surface area contributed by atoms with Crippen LogP contribution in [0.4, 0.5) is 0 Å². The highest BCUT2D eigenvalue weighted by Crippen LogP contribution is 2.41. The number of phenols is 1.